The fourth-order valence-electron chi connectivity index (χ4n) is 1.73. The van der Waals surface area contributed by atoms with Crippen molar-refractivity contribution in [2.45, 2.75) is 19.9 Å². The molecule has 0 fully saturated rings. The van der Waals surface area contributed by atoms with Gasteiger partial charge in [-0.05, 0) is 24.6 Å². The van der Waals surface area contributed by atoms with Crippen molar-refractivity contribution in [1.82, 2.24) is 0 Å². The summed E-state index contributed by atoms with van der Waals surface area (Å²) in [6.07, 6.45) is 3.85. The van der Waals surface area contributed by atoms with Gasteiger partial charge in [-0.2, -0.15) is 0 Å². The van der Waals surface area contributed by atoms with E-state index >= 15 is 0 Å². The van der Waals surface area contributed by atoms with Gasteiger partial charge in [0.05, 0.1) is 6.42 Å². The van der Waals surface area contributed by atoms with E-state index in [2.05, 4.69) is 5.32 Å². The van der Waals surface area contributed by atoms with Crippen molar-refractivity contribution in [3.63, 3.8) is 0 Å². The molecule has 0 atom stereocenters. The molecule has 0 unspecified atom stereocenters. The summed E-state index contributed by atoms with van der Waals surface area (Å²) in [7, 11) is 0. The van der Waals surface area contributed by atoms with Crippen LogP contribution in [0.25, 0.3) is 0 Å². The second-order valence-corrected chi connectivity index (χ2v) is 4.51. The molecule has 0 saturated heterocycles. The summed E-state index contributed by atoms with van der Waals surface area (Å²) in [5.41, 5.74) is 0.727. The normalized spacial score (nSPS) is 9.86. The Morgan fingerprint density at radius 1 is 1.14 bits per heavy atom. The number of pyridine rings is 1. The molecule has 1 aromatic heterocycles. The molecule has 0 aliphatic rings. The summed E-state index contributed by atoms with van der Waals surface area (Å²) in [6, 6.07) is 7.31. The lowest BCUT2D eigenvalue weighted by Crippen LogP contribution is -3.00. The molecule has 0 aliphatic carbocycles. The first kappa shape index (κ1) is 17.2. The van der Waals surface area contributed by atoms with Gasteiger partial charge in [0.25, 0.3) is 0 Å². The SMILES string of the molecule is Cc1cc[n+](CCC(=O)Nc2c(F)cccc2F)cc1.[Br-]. The topological polar surface area (TPSA) is 33.0 Å². The highest BCUT2D eigenvalue weighted by Crippen LogP contribution is 2.17. The summed E-state index contributed by atoms with van der Waals surface area (Å²) in [5, 5.41) is 2.26. The van der Waals surface area contributed by atoms with Crippen LogP contribution in [0, 0.1) is 18.6 Å². The molecule has 0 radical (unpaired) electrons. The van der Waals surface area contributed by atoms with Gasteiger partial charge in [0.1, 0.15) is 17.3 Å². The summed E-state index contributed by atoms with van der Waals surface area (Å²) in [6.45, 7) is 2.42. The molecule has 1 amide bonds. The Balaban J connectivity index is 0.00000220. The number of nitrogens with one attached hydrogen (secondary N) is 1. The zero-order valence-corrected chi connectivity index (χ0v) is 13.0. The minimum Gasteiger partial charge on any atom is -1.00 e. The molecule has 1 N–H and O–H groups in total. The molecule has 1 aromatic carbocycles. The van der Waals surface area contributed by atoms with Crippen LogP contribution in [-0.4, -0.2) is 5.91 Å². The number of nitrogens with zero attached hydrogens (tertiary/aromatic N) is 1. The number of para-hydroxylation sites is 1. The van der Waals surface area contributed by atoms with Crippen LogP contribution in [0.5, 0.6) is 0 Å². The number of aryl methyl sites for hydroxylation is 2. The molecule has 21 heavy (non-hydrogen) atoms. The zero-order chi connectivity index (χ0) is 14.5. The molecule has 2 aromatic rings. The minimum absolute atomic E-state index is 0. The molecule has 6 heteroatoms. The summed E-state index contributed by atoms with van der Waals surface area (Å²) >= 11 is 0. The van der Waals surface area contributed by atoms with Gasteiger partial charge in [0, 0.05) is 12.1 Å². The van der Waals surface area contributed by atoms with Crippen molar-refractivity contribution >= 4 is 11.6 Å². The van der Waals surface area contributed by atoms with Crippen LogP contribution in [0.3, 0.4) is 0 Å². The largest absolute Gasteiger partial charge is 1.00 e. The third-order valence-electron chi connectivity index (χ3n) is 2.88. The minimum atomic E-state index is -0.777. The van der Waals surface area contributed by atoms with Gasteiger partial charge in [-0.15, -0.1) is 0 Å². The van der Waals surface area contributed by atoms with E-state index in [9.17, 15) is 13.6 Å². The van der Waals surface area contributed by atoms with Crippen molar-refractivity contribution in [1.29, 1.82) is 0 Å². The second-order valence-electron chi connectivity index (χ2n) is 4.51. The van der Waals surface area contributed by atoms with Gasteiger partial charge in [-0.3, -0.25) is 4.79 Å². The van der Waals surface area contributed by atoms with Gasteiger partial charge in [-0.1, -0.05) is 6.07 Å². The lowest BCUT2D eigenvalue weighted by molar-refractivity contribution is -0.695. The van der Waals surface area contributed by atoms with E-state index in [0.717, 1.165) is 17.7 Å². The number of carbonyl (C=O) groups is 1. The van der Waals surface area contributed by atoms with Crippen LogP contribution in [0.4, 0.5) is 14.5 Å². The number of anilines is 1. The first-order valence-corrected chi connectivity index (χ1v) is 6.26. The highest BCUT2D eigenvalue weighted by atomic mass is 79.9. The molecule has 0 aliphatic heterocycles. The van der Waals surface area contributed by atoms with Crippen LogP contribution in [0.1, 0.15) is 12.0 Å². The Kier molecular flexibility index (Phi) is 6.42. The summed E-state index contributed by atoms with van der Waals surface area (Å²) in [5.74, 6) is -1.98. The standard InChI is InChI=1S/C15H14F2N2O.BrH/c1-11-5-8-19(9-6-11)10-7-14(20)18-15-12(16)3-2-4-13(15)17;/h2-6,8-9H,7,10H2,1H3;1H. The molecule has 112 valence electrons. The van der Waals surface area contributed by atoms with E-state index in [1.54, 1.807) is 0 Å². The Morgan fingerprint density at radius 2 is 1.71 bits per heavy atom. The van der Waals surface area contributed by atoms with Crippen molar-refractivity contribution < 1.29 is 35.1 Å². The number of hydrogen-bond acceptors (Lipinski definition) is 1. The Hall–Kier alpha value is -1.82. The van der Waals surface area contributed by atoms with Crippen molar-refractivity contribution in [3.05, 3.63) is 59.9 Å². The number of amides is 1. The van der Waals surface area contributed by atoms with E-state index in [4.69, 9.17) is 0 Å². The molecule has 2 rings (SSSR count). The second kappa shape index (κ2) is 7.83. The smallest absolute Gasteiger partial charge is 0.230 e. The number of carbonyl (C=O) groups excluding carboxylic acids is 1. The summed E-state index contributed by atoms with van der Waals surface area (Å²) < 4.78 is 28.6. The van der Waals surface area contributed by atoms with Gasteiger partial charge in [0.15, 0.2) is 18.9 Å². The van der Waals surface area contributed by atoms with Crippen LogP contribution in [-0.2, 0) is 11.3 Å². The molecular formula is C15H15BrF2N2O. The Labute approximate surface area is 132 Å². The number of halogens is 3. The highest BCUT2D eigenvalue weighted by Gasteiger charge is 2.13. The van der Waals surface area contributed by atoms with Crippen LogP contribution < -0.4 is 26.9 Å². The maximum Gasteiger partial charge on any atom is 0.230 e. The fourth-order valence-corrected chi connectivity index (χ4v) is 1.73. The molecular weight excluding hydrogens is 342 g/mol. The monoisotopic (exact) mass is 356 g/mol. The molecule has 0 saturated carbocycles. The third kappa shape index (κ3) is 4.90. The Bertz CT molecular complexity index is 597. The van der Waals surface area contributed by atoms with Gasteiger partial charge >= 0.3 is 0 Å². The van der Waals surface area contributed by atoms with Gasteiger partial charge in [0.2, 0.25) is 5.91 Å². The fraction of sp³-hybridized carbons (Fsp3) is 0.200. The van der Waals surface area contributed by atoms with E-state index in [1.165, 1.54) is 6.07 Å². The third-order valence-corrected chi connectivity index (χ3v) is 2.88. The first-order valence-electron chi connectivity index (χ1n) is 6.26. The van der Waals surface area contributed by atoms with Crippen molar-refractivity contribution in [3.8, 4) is 0 Å². The maximum atomic E-state index is 13.4. The number of aromatic nitrogens is 1. The quantitative estimate of drug-likeness (QED) is 0.742. The predicted molar refractivity (Wildman–Crippen MR) is 71.0 cm³/mol. The van der Waals surface area contributed by atoms with Crippen LogP contribution >= 0.6 is 0 Å². The van der Waals surface area contributed by atoms with E-state index in [1.807, 2.05) is 36.0 Å². The number of rotatable bonds is 4. The van der Waals surface area contributed by atoms with E-state index in [-0.39, 0.29) is 23.4 Å². The molecule has 0 spiro atoms. The van der Waals surface area contributed by atoms with Crippen LogP contribution in [0.2, 0.25) is 0 Å². The first-order chi connectivity index (χ1) is 9.56. The average Bonchev–Trinajstić information content (AvgIpc) is 2.42. The van der Waals surface area contributed by atoms with E-state index < -0.39 is 23.2 Å². The maximum absolute atomic E-state index is 13.4. The molecule has 3 nitrogen and oxygen atoms in total. The van der Waals surface area contributed by atoms with Gasteiger partial charge in [-0.25, -0.2) is 13.3 Å². The van der Waals surface area contributed by atoms with Crippen molar-refractivity contribution in [2.75, 3.05) is 5.32 Å². The lowest BCUT2D eigenvalue weighted by Gasteiger charge is -2.06. The van der Waals surface area contributed by atoms with Gasteiger partial charge < -0.3 is 22.3 Å². The average molecular weight is 357 g/mol. The predicted octanol–water partition coefficient (Wildman–Crippen LogP) is -0.406. The summed E-state index contributed by atoms with van der Waals surface area (Å²) in [4.78, 5) is 11.7. The number of hydrogen-bond donors (Lipinski definition) is 1. The highest BCUT2D eigenvalue weighted by molar-refractivity contribution is 5.90. The molecule has 1 heterocycles. The lowest BCUT2D eigenvalue weighted by atomic mass is 10.2. The van der Waals surface area contributed by atoms with E-state index in [0.29, 0.717) is 6.54 Å². The molecule has 0 bridgehead atoms. The zero-order valence-electron chi connectivity index (χ0n) is 11.4. The van der Waals surface area contributed by atoms with Crippen LogP contribution in [0.15, 0.2) is 42.7 Å². The van der Waals surface area contributed by atoms with Crippen molar-refractivity contribution in [2.24, 2.45) is 0 Å². The number of benzene rings is 1. The Morgan fingerprint density at radius 3 is 2.29 bits per heavy atom.